The molecule has 9 nitrogen and oxygen atoms in total. The summed E-state index contributed by atoms with van der Waals surface area (Å²) in [5, 5.41) is 10.9. The second kappa shape index (κ2) is 6.74. The van der Waals surface area contributed by atoms with E-state index in [-0.39, 0.29) is 11.9 Å². The highest BCUT2D eigenvalue weighted by Gasteiger charge is 2.35. The van der Waals surface area contributed by atoms with Gasteiger partial charge in [0.25, 0.3) is 0 Å². The number of pyridine rings is 1. The number of imidazole rings is 1. The van der Waals surface area contributed by atoms with Crippen molar-refractivity contribution < 1.29 is 8.81 Å². The van der Waals surface area contributed by atoms with Gasteiger partial charge in [-0.25, -0.2) is 19.3 Å². The molecule has 1 aliphatic heterocycles. The van der Waals surface area contributed by atoms with Gasteiger partial charge in [-0.2, -0.15) is 0 Å². The second-order valence-electron chi connectivity index (χ2n) is 7.40. The smallest absolute Gasteiger partial charge is 0.390 e. The van der Waals surface area contributed by atoms with E-state index in [1.54, 1.807) is 12.3 Å². The highest BCUT2D eigenvalue weighted by molar-refractivity contribution is 5.85. The number of benzene rings is 1. The highest BCUT2D eigenvalue weighted by Crippen LogP contribution is 2.38. The van der Waals surface area contributed by atoms with Gasteiger partial charge in [0.1, 0.15) is 23.4 Å². The van der Waals surface area contributed by atoms with Gasteiger partial charge < -0.3 is 14.4 Å². The van der Waals surface area contributed by atoms with Gasteiger partial charge in [-0.1, -0.05) is 18.2 Å². The van der Waals surface area contributed by atoms with E-state index < -0.39 is 17.6 Å². The molecule has 31 heavy (non-hydrogen) atoms. The van der Waals surface area contributed by atoms with E-state index in [9.17, 15) is 9.18 Å². The lowest BCUT2D eigenvalue weighted by molar-refractivity contribution is 0.356. The summed E-state index contributed by atoms with van der Waals surface area (Å²) in [6.07, 6.45) is 3.57. The van der Waals surface area contributed by atoms with Crippen LogP contribution in [-0.4, -0.2) is 30.1 Å². The number of halogens is 1. The summed E-state index contributed by atoms with van der Waals surface area (Å²) in [5.41, 5.74) is 4.19. The SMILES string of the molecule is O=c1[nH]nc(C2N[C@@H](c3nc(-c4ccc(F)cn4)c[nH]3)Cc3c2[nH]c2ccccc32)o1. The molecule has 6 rings (SSSR count). The first-order chi connectivity index (χ1) is 15.2. The number of nitrogens with zero attached hydrogens (tertiary/aromatic N) is 3. The van der Waals surface area contributed by atoms with Crippen molar-refractivity contribution in [3.63, 3.8) is 0 Å². The number of aromatic amines is 3. The molecule has 0 saturated carbocycles. The third kappa shape index (κ3) is 2.96. The normalized spacial score (nSPS) is 18.4. The number of aromatic nitrogens is 6. The summed E-state index contributed by atoms with van der Waals surface area (Å²) in [6, 6.07) is 10.3. The number of nitrogens with one attached hydrogen (secondary N) is 4. The van der Waals surface area contributed by atoms with Crippen LogP contribution in [0.25, 0.3) is 22.3 Å². The number of para-hydroxylation sites is 1. The van der Waals surface area contributed by atoms with Crippen molar-refractivity contribution in [2.45, 2.75) is 18.5 Å². The number of H-pyrrole nitrogens is 3. The maximum absolute atomic E-state index is 13.2. The highest BCUT2D eigenvalue weighted by atomic mass is 19.1. The number of fused-ring (bicyclic) bond motifs is 3. The van der Waals surface area contributed by atoms with Crippen molar-refractivity contribution in [3.8, 4) is 11.4 Å². The second-order valence-corrected chi connectivity index (χ2v) is 7.40. The Morgan fingerprint density at radius 2 is 2.03 bits per heavy atom. The zero-order valence-electron chi connectivity index (χ0n) is 16.0. The predicted molar refractivity (Wildman–Crippen MR) is 109 cm³/mol. The molecule has 0 spiro atoms. The third-order valence-electron chi connectivity index (χ3n) is 5.53. The summed E-state index contributed by atoms with van der Waals surface area (Å²) in [7, 11) is 0. The standard InChI is InChI=1S/C21H16FN7O2/c22-10-5-6-14(23-8-10)16-9-24-19(27-16)15-7-12-11-3-1-2-4-13(11)25-17(12)18(26-15)20-28-29-21(30)31-20/h1-6,8-9,15,18,25-26H,7H2,(H,24,27)(H,29,30)/t15-,18?/m1/s1. The van der Waals surface area contributed by atoms with E-state index in [0.29, 0.717) is 23.6 Å². The topological polar surface area (TPSA) is 128 Å². The molecular formula is C21H16FN7O2. The molecule has 10 heteroatoms. The molecule has 2 atom stereocenters. The van der Waals surface area contributed by atoms with Crippen molar-refractivity contribution in [1.29, 1.82) is 0 Å². The molecule has 5 aromatic rings. The summed E-state index contributed by atoms with van der Waals surface area (Å²) in [5.74, 6) is -0.0719. The van der Waals surface area contributed by atoms with Crippen LogP contribution in [0, 0.1) is 5.82 Å². The summed E-state index contributed by atoms with van der Waals surface area (Å²) in [6.45, 7) is 0. The maximum Gasteiger partial charge on any atom is 0.434 e. The van der Waals surface area contributed by atoms with Gasteiger partial charge in [0.2, 0.25) is 5.89 Å². The number of hydrogen-bond acceptors (Lipinski definition) is 6. The van der Waals surface area contributed by atoms with Crippen molar-refractivity contribution in [2.75, 3.05) is 0 Å². The van der Waals surface area contributed by atoms with Crippen LogP contribution in [-0.2, 0) is 6.42 Å². The summed E-state index contributed by atoms with van der Waals surface area (Å²) < 4.78 is 18.5. The van der Waals surface area contributed by atoms with E-state index >= 15 is 0 Å². The largest absolute Gasteiger partial charge is 0.434 e. The van der Waals surface area contributed by atoms with Crippen molar-refractivity contribution >= 4 is 10.9 Å². The molecule has 5 heterocycles. The molecule has 0 bridgehead atoms. The molecule has 154 valence electrons. The van der Waals surface area contributed by atoms with Crippen molar-refractivity contribution in [2.24, 2.45) is 0 Å². The first kappa shape index (κ1) is 17.8. The summed E-state index contributed by atoms with van der Waals surface area (Å²) >= 11 is 0. The molecule has 1 aliphatic rings. The fourth-order valence-electron chi connectivity index (χ4n) is 4.14. The van der Waals surface area contributed by atoms with Crippen molar-refractivity contribution in [1.82, 2.24) is 35.5 Å². The van der Waals surface area contributed by atoms with E-state index in [2.05, 4.69) is 41.5 Å². The van der Waals surface area contributed by atoms with Gasteiger partial charge in [-0.15, -0.1) is 5.10 Å². The molecule has 4 aromatic heterocycles. The van der Waals surface area contributed by atoms with Gasteiger partial charge in [0.15, 0.2) is 0 Å². The first-order valence-electron chi connectivity index (χ1n) is 9.74. The van der Waals surface area contributed by atoms with Crippen molar-refractivity contribution in [3.05, 3.63) is 88.1 Å². The van der Waals surface area contributed by atoms with Gasteiger partial charge >= 0.3 is 5.76 Å². The Hall–Kier alpha value is -4.05. The third-order valence-corrected chi connectivity index (χ3v) is 5.53. The zero-order valence-corrected chi connectivity index (χ0v) is 16.0. The monoisotopic (exact) mass is 417 g/mol. The lowest BCUT2D eigenvalue weighted by atomic mass is 9.93. The van der Waals surface area contributed by atoms with Gasteiger partial charge in [-0.3, -0.25) is 10.3 Å². The molecule has 0 aliphatic carbocycles. The maximum atomic E-state index is 13.2. The predicted octanol–water partition coefficient (Wildman–Crippen LogP) is 2.74. The molecule has 4 N–H and O–H groups in total. The molecule has 0 fully saturated rings. The zero-order chi connectivity index (χ0) is 20.9. The van der Waals surface area contributed by atoms with Gasteiger partial charge in [-0.05, 0) is 30.2 Å². The van der Waals surface area contributed by atoms with E-state index in [4.69, 9.17) is 4.42 Å². The molecule has 1 unspecified atom stereocenters. The Labute approximate surface area is 173 Å². The molecule has 0 radical (unpaired) electrons. The van der Waals surface area contributed by atoms with Crippen LogP contribution >= 0.6 is 0 Å². The molecule has 0 amide bonds. The lowest BCUT2D eigenvalue weighted by Crippen LogP contribution is -2.35. The average molecular weight is 417 g/mol. The van der Waals surface area contributed by atoms with Crippen LogP contribution in [0.3, 0.4) is 0 Å². The van der Waals surface area contributed by atoms with Crippen LogP contribution in [0.5, 0.6) is 0 Å². The fraction of sp³-hybridized carbons (Fsp3) is 0.143. The minimum atomic E-state index is -0.612. The Balaban J connectivity index is 1.43. The van der Waals surface area contributed by atoms with Crippen LogP contribution in [0.4, 0.5) is 4.39 Å². The number of hydrogen-bond donors (Lipinski definition) is 4. The minimum Gasteiger partial charge on any atom is -0.390 e. The lowest BCUT2D eigenvalue weighted by Gasteiger charge is -2.28. The van der Waals surface area contributed by atoms with Crippen LogP contribution < -0.4 is 11.1 Å². The Kier molecular flexibility index (Phi) is 3.87. The van der Waals surface area contributed by atoms with Gasteiger partial charge in [0.05, 0.1) is 17.9 Å². The van der Waals surface area contributed by atoms with Gasteiger partial charge in [0, 0.05) is 22.8 Å². The molecule has 0 saturated heterocycles. The van der Waals surface area contributed by atoms with Crippen LogP contribution in [0.1, 0.15) is 35.1 Å². The number of rotatable bonds is 3. The molecular weight excluding hydrogens is 401 g/mol. The quantitative estimate of drug-likeness (QED) is 0.357. The minimum absolute atomic E-state index is 0.201. The first-order valence-corrected chi connectivity index (χ1v) is 9.74. The average Bonchev–Trinajstić information content (AvgIpc) is 3.52. The Morgan fingerprint density at radius 3 is 2.84 bits per heavy atom. The fourth-order valence-corrected chi connectivity index (χ4v) is 4.14. The van der Waals surface area contributed by atoms with E-state index in [0.717, 1.165) is 28.4 Å². The summed E-state index contributed by atoms with van der Waals surface area (Å²) in [4.78, 5) is 27.0. The van der Waals surface area contributed by atoms with E-state index in [1.165, 1.54) is 6.07 Å². The Bertz CT molecular complexity index is 1450. The molecule has 1 aromatic carbocycles. The van der Waals surface area contributed by atoms with Crippen LogP contribution in [0.15, 0.2) is 58.0 Å². The van der Waals surface area contributed by atoms with E-state index in [1.807, 2.05) is 18.2 Å². The van der Waals surface area contributed by atoms with Crippen LogP contribution in [0.2, 0.25) is 0 Å². The Morgan fingerprint density at radius 1 is 1.13 bits per heavy atom.